The van der Waals surface area contributed by atoms with Crippen molar-refractivity contribution in [3.63, 3.8) is 0 Å². The zero-order chi connectivity index (χ0) is 11.7. The molecule has 0 aromatic heterocycles. The van der Waals surface area contributed by atoms with E-state index >= 15 is 0 Å². The van der Waals surface area contributed by atoms with Crippen molar-refractivity contribution < 1.29 is 0 Å². The standard InChI is InChI=1S/C16H17N.ClH/c17-12-15-11-16(15,13-7-3-1-4-8-13)14-9-5-2-6-10-14;/h1-10,15H,11-12,17H2;1H. The van der Waals surface area contributed by atoms with Crippen LogP contribution in [0.3, 0.4) is 0 Å². The summed E-state index contributed by atoms with van der Waals surface area (Å²) in [7, 11) is 0. The molecule has 18 heavy (non-hydrogen) atoms. The minimum absolute atomic E-state index is 0. The lowest BCUT2D eigenvalue weighted by Crippen LogP contribution is -2.16. The largest absolute Gasteiger partial charge is 0.330 e. The third-order valence-electron chi connectivity index (χ3n) is 3.97. The molecule has 2 aromatic rings. The van der Waals surface area contributed by atoms with Crippen molar-refractivity contribution in [2.45, 2.75) is 11.8 Å². The maximum Gasteiger partial charge on any atom is 0.0247 e. The number of hydrogen-bond acceptors (Lipinski definition) is 1. The number of nitrogens with two attached hydrogens (primary N) is 1. The molecule has 1 fully saturated rings. The Morgan fingerprint density at radius 1 is 0.889 bits per heavy atom. The van der Waals surface area contributed by atoms with E-state index in [-0.39, 0.29) is 17.8 Å². The van der Waals surface area contributed by atoms with Crippen molar-refractivity contribution in [1.29, 1.82) is 0 Å². The first-order chi connectivity index (χ1) is 8.38. The predicted molar refractivity (Wildman–Crippen MR) is 78.1 cm³/mol. The van der Waals surface area contributed by atoms with Crippen LogP contribution in [0.5, 0.6) is 0 Å². The van der Waals surface area contributed by atoms with Crippen LogP contribution in [0.15, 0.2) is 60.7 Å². The van der Waals surface area contributed by atoms with Crippen LogP contribution >= 0.6 is 12.4 Å². The van der Waals surface area contributed by atoms with Crippen molar-refractivity contribution in [3.8, 4) is 0 Å². The smallest absolute Gasteiger partial charge is 0.0247 e. The van der Waals surface area contributed by atoms with Crippen LogP contribution in [0.2, 0.25) is 0 Å². The quantitative estimate of drug-likeness (QED) is 0.899. The van der Waals surface area contributed by atoms with E-state index in [9.17, 15) is 0 Å². The van der Waals surface area contributed by atoms with E-state index in [1.54, 1.807) is 0 Å². The van der Waals surface area contributed by atoms with Gasteiger partial charge >= 0.3 is 0 Å². The monoisotopic (exact) mass is 259 g/mol. The van der Waals surface area contributed by atoms with E-state index in [1.165, 1.54) is 17.5 Å². The molecule has 0 bridgehead atoms. The van der Waals surface area contributed by atoms with Gasteiger partial charge in [-0.05, 0) is 30.0 Å². The van der Waals surface area contributed by atoms with Crippen LogP contribution in [0.1, 0.15) is 17.5 Å². The van der Waals surface area contributed by atoms with E-state index in [1.807, 2.05) is 0 Å². The van der Waals surface area contributed by atoms with Gasteiger partial charge in [0.1, 0.15) is 0 Å². The summed E-state index contributed by atoms with van der Waals surface area (Å²) in [6, 6.07) is 21.5. The van der Waals surface area contributed by atoms with E-state index in [0.717, 1.165) is 6.54 Å². The van der Waals surface area contributed by atoms with Crippen LogP contribution in [-0.2, 0) is 5.41 Å². The fourth-order valence-electron chi connectivity index (χ4n) is 2.96. The zero-order valence-corrected chi connectivity index (χ0v) is 11.1. The molecule has 1 saturated carbocycles. The Balaban J connectivity index is 0.00000120. The molecule has 2 heteroatoms. The highest BCUT2D eigenvalue weighted by Crippen LogP contribution is 2.58. The normalized spacial score (nSPS) is 19.9. The second-order valence-corrected chi connectivity index (χ2v) is 4.84. The lowest BCUT2D eigenvalue weighted by atomic mass is 9.86. The molecule has 0 aliphatic heterocycles. The lowest BCUT2D eigenvalue weighted by molar-refractivity contribution is 0.703. The van der Waals surface area contributed by atoms with Gasteiger partial charge in [0.2, 0.25) is 0 Å². The Hall–Kier alpha value is -1.31. The fourth-order valence-corrected chi connectivity index (χ4v) is 2.96. The van der Waals surface area contributed by atoms with E-state index in [4.69, 9.17) is 5.73 Å². The van der Waals surface area contributed by atoms with Gasteiger partial charge in [0.05, 0.1) is 0 Å². The van der Waals surface area contributed by atoms with Crippen molar-refractivity contribution in [1.82, 2.24) is 0 Å². The molecule has 1 nitrogen and oxygen atoms in total. The summed E-state index contributed by atoms with van der Waals surface area (Å²) in [5.74, 6) is 0.590. The van der Waals surface area contributed by atoms with Gasteiger partial charge in [-0.3, -0.25) is 0 Å². The van der Waals surface area contributed by atoms with Crippen molar-refractivity contribution in [2.24, 2.45) is 11.7 Å². The summed E-state index contributed by atoms with van der Waals surface area (Å²) in [6.07, 6.45) is 1.18. The minimum Gasteiger partial charge on any atom is -0.330 e. The number of rotatable bonds is 3. The Bertz CT molecular complexity index is 456. The maximum atomic E-state index is 5.88. The molecule has 2 N–H and O–H groups in total. The maximum absolute atomic E-state index is 5.88. The SMILES string of the molecule is Cl.NCC1CC1(c1ccccc1)c1ccccc1. The average Bonchev–Trinajstić information content (AvgIpc) is 3.17. The molecule has 3 rings (SSSR count). The molecule has 1 atom stereocenters. The highest BCUT2D eigenvalue weighted by atomic mass is 35.5. The number of hydrogen-bond donors (Lipinski definition) is 1. The van der Waals surface area contributed by atoms with Crippen molar-refractivity contribution >= 4 is 12.4 Å². The molecule has 0 spiro atoms. The topological polar surface area (TPSA) is 26.0 Å². The van der Waals surface area contributed by atoms with Crippen LogP contribution in [0.25, 0.3) is 0 Å². The summed E-state index contributed by atoms with van der Waals surface area (Å²) in [6.45, 7) is 0.768. The van der Waals surface area contributed by atoms with Gasteiger partial charge in [0.25, 0.3) is 0 Å². The third kappa shape index (κ3) is 1.94. The van der Waals surface area contributed by atoms with Crippen molar-refractivity contribution in [2.75, 3.05) is 6.54 Å². The molecular weight excluding hydrogens is 242 g/mol. The number of halogens is 1. The summed E-state index contributed by atoms with van der Waals surface area (Å²) >= 11 is 0. The second kappa shape index (κ2) is 5.13. The minimum atomic E-state index is 0. The predicted octanol–water partition coefficient (Wildman–Crippen LogP) is 3.37. The molecule has 94 valence electrons. The molecule has 1 aliphatic rings. The van der Waals surface area contributed by atoms with Crippen LogP contribution < -0.4 is 5.73 Å². The van der Waals surface area contributed by atoms with Crippen LogP contribution in [0.4, 0.5) is 0 Å². The number of benzene rings is 2. The Kier molecular flexibility index (Phi) is 3.74. The molecule has 1 unspecified atom stereocenters. The van der Waals surface area contributed by atoms with Gasteiger partial charge in [0, 0.05) is 5.41 Å². The van der Waals surface area contributed by atoms with Gasteiger partial charge in [-0.15, -0.1) is 12.4 Å². The fraction of sp³-hybridized carbons (Fsp3) is 0.250. The van der Waals surface area contributed by atoms with Gasteiger partial charge in [-0.2, -0.15) is 0 Å². The summed E-state index contributed by atoms with van der Waals surface area (Å²) < 4.78 is 0. The summed E-state index contributed by atoms with van der Waals surface area (Å²) in [5, 5.41) is 0. The first-order valence-electron chi connectivity index (χ1n) is 6.19. The molecular formula is C16H18ClN. The second-order valence-electron chi connectivity index (χ2n) is 4.84. The van der Waals surface area contributed by atoms with Gasteiger partial charge < -0.3 is 5.73 Å². The molecule has 1 aliphatic carbocycles. The molecule has 0 heterocycles. The molecule has 2 aromatic carbocycles. The van der Waals surface area contributed by atoms with Gasteiger partial charge in [0.15, 0.2) is 0 Å². The lowest BCUT2D eigenvalue weighted by Gasteiger charge is -2.18. The van der Waals surface area contributed by atoms with Crippen LogP contribution in [-0.4, -0.2) is 6.54 Å². The van der Waals surface area contributed by atoms with Gasteiger partial charge in [-0.1, -0.05) is 60.7 Å². The zero-order valence-electron chi connectivity index (χ0n) is 10.3. The highest BCUT2D eigenvalue weighted by Gasteiger charge is 2.55. The third-order valence-corrected chi connectivity index (χ3v) is 3.97. The Labute approximate surface area is 114 Å². The van der Waals surface area contributed by atoms with E-state index in [2.05, 4.69) is 60.7 Å². The summed E-state index contributed by atoms with van der Waals surface area (Å²) in [4.78, 5) is 0. The Morgan fingerprint density at radius 2 is 1.33 bits per heavy atom. The highest BCUT2D eigenvalue weighted by molar-refractivity contribution is 5.85. The average molecular weight is 260 g/mol. The summed E-state index contributed by atoms with van der Waals surface area (Å²) in [5.41, 5.74) is 8.87. The molecule has 0 amide bonds. The molecule has 0 radical (unpaired) electrons. The first kappa shape index (κ1) is 13.1. The van der Waals surface area contributed by atoms with Crippen LogP contribution in [0, 0.1) is 5.92 Å². The van der Waals surface area contributed by atoms with Crippen molar-refractivity contribution in [3.05, 3.63) is 71.8 Å². The van der Waals surface area contributed by atoms with E-state index in [0.29, 0.717) is 5.92 Å². The van der Waals surface area contributed by atoms with E-state index < -0.39 is 0 Å². The first-order valence-corrected chi connectivity index (χ1v) is 6.19. The molecule has 0 saturated heterocycles. The Morgan fingerprint density at radius 3 is 1.67 bits per heavy atom. The van der Waals surface area contributed by atoms with Gasteiger partial charge in [-0.25, -0.2) is 0 Å².